The summed E-state index contributed by atoms with van der Waals surface area (Å²) in [5, 5.41) is 11.7. The van der Waals surface area contributed by atoms with E-state index in [2.05, 4.69) is 15.5 Å². The van der Waals surface area contributed by atoms with Gasteiger partial charge in [0.05, 0.1) is 5.71 Å². The van der Waals surface area contributed by atoms with Crippen molar-refractivity contribution in [2.75, 3.05) is 11.9 Å². The van der Waals surface area contributed by atoms with Gasteiger partial charge in [-0.25, -0.2) is 4.79 Å². The normalized spacial score (nSPS) is 23.7. The van der Waals surface area contributed by atoms with Gasteiger partial charge in [0, 0.05) is 6.42 Å². The van der Waals surface area contributed by atoms with E-state index in [1.165, 1.54) is 20.8 Å². The largest absolute Gasteiger partial charge is 0.501 e. The molecule has 2 heterocycles. The van der Waals surface area contributed by atoms with Crippen LogP contribution >= 0.6 is 11.3 Å². The van der Waals surface area contributed by atoms with Gasteiger partial charge in [0.15, 0.2) is 6.54 Å². The molecule has 2 fully saturated rings. The Morgan fingerprint density at radius 1 is 1.19 bits per heavy atom. The summed E-state index contributed by atoms with van der Waals surface area (Å²) in [6.45, 7) is 1.73. The summed E-state index contributed by atoms with van der Waals surface area (Å²) >= 11 is 1.29. The Morgan fingerprint density at radius 2 is 1.96 bits per heavy atom. The Morgan fingerprint density at radius 3 is 2.67 bits per heavy atom. The van der Waals surface area contributed by atoms with Crippen LogP contribution in [0.5, 0.6) is 0 Å². The number of amides is 4. The summed E-state index contributed by atoms with van der Waals surface area (Å²) in [5.41, 5.74) is 0.806. The van der Waals surface area contributed by atoms with Gasteiger partial charge >= 0.3 is 11.9 Å². The summed E-state index contributed by atoms with van der Waals surface area (Å²) in [4.78, 5) is 40.1. The molecule has 27 heavy (non-hydrogen) atoms. The maximum atomic E-state index is 13.2. The molecule has 4 rings (SSSR count). The molecule has 9 heteroatoms. The highest BCUT2D eigenvalue weighted by atomic mass is 32.1. The van der Waals surface area contributed by atoms with Crippen molar-refractivity contribution in [2.45, 2.75) is 64.3 Å². The van der Waals surface area contributed by atoms with Crippen LogP contribution in [0.1, 0.15) is 56.4 Å². The number of aryl methyl sites for hydroxylation is 1. The van der Waals surface area contributed by atoms with E-state index >= 15 is 0 Å². The van der Waals surface area contributed by atoms with E-state index in [4.69, 9.17) is 0 Å². The second kappa shape index (κ2) is 7.46. The SMILES string of the molecule is Cc1nnc(NC(=O)C[N+]2=C3CCCC3C(=O)N(C3CCCCC3)C2=O)s1. The van der Waals surface area contributed by atoms with Crippen molar-refractivity contribution < 1.29 is 19.0 Å². The first-order chi connectivity index (χ1) is 13.0. The minimum absolute atomic E-state index is 0.0303. The average molecular weight is 390 g/mol. The van der Waals surface area contributed by atoms with E-state index in [1.807, 2.05) is 6.92 Å². The van der Waals surface area contributed by atoms with E-state index in [-0.39, 0.29) is 36.3 Å². The van der Waals surface area contributed by atoms with Crippen molar-refractivity contribution in [3.63, 3.8) is 0 Å². The Hall–Kier alpha value is -2.16. The number of imide groups is 1. The fourth-order valence-corrected chi connectivity index (χ4v) is 5.03. The summed E-state index contributed by atoms with van der Waals surface area (Å²) in [6.07, 6.45) is 7.31. The molecule has 0 aromatic carbocycles. The third kappa shape index (κ3) is 3.52. The lowest BCUT2D eigenvalue weighted by molar-refractivity contribution is -0.430. The van der Waals surface area contributed by atoms with Crippen LogP contribution in [0, 0.1) is 12.8 Å². The number of urea groups is 1. The summed E-state index contributed by atoms with van der Waals surface area (Å²) in [7, 11) is 0. The highest BCUT2D eigenvalue weighted by Crippen LogP contribution is 2.32. The van der Waals surface area contributed by atoms with Gasteiger partial charge in [0.25, 0.3) is 5.91 Å². The number of hydrogen-bond acceptors (Lipinski definition) is 6. The van der Waals surface area contributed by atoms with E-state index in [9.17, 15) is 14.4 Å². The van der Waals surface area contributed by atoms with Gasteiger partial charge in [-0.3, -0.25) is 10.1 Å². The lowest BCUT2D eigenvalue weighted by Gasteiger charge is -2.31. The number of nitrogens with zero attached hydrogens (tertiary/aromatic N) is 4. The minimum atomic E-state index is -0.330. The number of aromatic nitrogens is 2. The van der Waals surface area contributed by atoms with Crippen molar-refractivity contribution in [1.29, 1.82) is 0 Å². The highest BCUT2D eigenvalue weighted by molar-refractivity contribution is 7.15. The first-order valence-electron chi connectivity index (χ1n) is 9.65. The fourth-order valence-electron chi connectivity index (χ4n) is 4.43. The van der Waals surface area contributed by atoms with Gasteiger partial charge in [0.2, 0.25) is 5.13 Å². The average Bonchev–Trinajstić information content (AvgIpc) is 3.29. The van der Waals surface area contributed by atoms with Gasteiger partial charge in [-0.2, -0.15) is 14.3 Å². The summed E-state index contributed by atoms with van der Waals surface area (Å²) < 4.78 is 1.54. The molecule has 144 valence electrons. The van der Waals surface area contributed by atoms with Crippen molar-refractivity contribution in [1.82, 2.24) is 15.1 Å². The molecule has 1 N–H and O–H groups in total. The van der Waals surface area contributed by atoms with Crippen LogP contribution < -0.4 is 5.32 Å². The summed E-state index contributed by atoms with van der Waals surface area (Å²) in [5.74, 6) is -0.618. The second-order valence-corrected chi connectivity index (χ2v) is 8.66. The quantitative estimate of drug-likeness (QED) is 0.796. The molecule has 0 bridgehead atoms. The molecule has 2 saturated carbocycles. The topological polar surface area (TPSA) is 95.3 Å². The maximum absolute atomic E-state index is 13.2. The number of nitrogens with one attached hydrogen (secondary N) is 1. The molecule has 4 amide bonds. The zero-order chi connectivity index (χ0) is 19.0. The van der Waals surface area contributed by atoms with Crippen LogP contribution in [0.15, 0.2) is 0 Å². The molecule has 8 nitrogen and oxygen atoms in total. The third-order valence-electron chi connectivity index (χ3n) is 5.66. The maximum Gasteiger partial charge on any atom is 0.501 e. The lowest BCUT2D eigenvalue weighted by Crippen LogP contribution is -2.58. The predicted molar refractivity (Wildman–Crippen MR) is 99.9 cm³/mol. The van der Waals surface area contributed by atoms with Gasteiger partial charge in [0.1, 0.15) is 17.0 Å². The van der Waals surface area contributed by atoms with Crippen LogP contribution in [-0.2, 0) is 9.59 Å². The molecule has 1 aliphatic heterocycles. The molecular weight excluding hydrogens is 366 g/mol. The minimum Gasteiger partial charge on any atom is -0.297 e. The smallest absolute Gasteiger partial charge is 0.297 e. The third-order valence-corrected chi connectivity index (χ3v) is 6.42. The first-order valence-corrected chi connectivity index (χ1v) is 10.5. The number of carbonyl (C=O) groups excluding carboxylic acids is 3. The Labute approximate surface area is 161 Å². The standard InChI is InChI=1S/C18H23N5O3S/c1-11-20-21-17(27-11)19-15(24)10-22-14-9-5-8-13(14)16(25)23(18(22)26)12-6-3-2-4-7-12/h12-13H,2-10H2,1H3/p+1. The number of carbonyl (C=O) groups is 3. The molecule has 1 aromatic rings. The monoisotopic (exact) mass is 390 g/mol. The Kier molecular flexibility index (Phi) is 5.03. The molecule has 0 radical (unpaired) electrons. The van der Waals surface area contributed by atoms with E-state index in [0.29, 0.717) is 11.6 Å². The molecule has 0 saturated heterocycles. The van der Waals surface area contributed by atoms with Crippen LogP contribution in [0.2, 0.25) is 0 Å². The second-order valence-electron chi connectivity index (χ2n) is 7.48. The van der Waals surface area contributed by atoms with Gasteiger partial charge in [-0.1, -0.05) is 17.8 Å². The van der Waals surface area contributed by atoms with Crippen molar-refractivity contribution in [2.24, 2.45) is 5.92 Å². The number of hydrogen-bond donors (Lipinski definition) is 1. The van der Waals surface area contributed by atoms with Crippen LogP contribution in [-0.4, -0.2) is 55.8 Å². The number of fused-ring (bicyclic) bond motifs is 1. The zero-order valence-corrected chi connectivity index (χ0v) is 16.3. The highest BCUT2D eigenvalue weighted by Gasteiger charge is 2.52. The van der Waals surface area contributed by atoms with Gasteiger partial charge in [-0.05, 0) is 45.4 Å². The fraction of sp³-hybridized carbons (Fsp3) is 0.667. The van der Waals surface area contributed by atoms with Crippen molar-refractivity contribution >= 4 is 40.0 Å². The molecule has 1 aromatic heterocycles. The molecule has 1 unspecified atom stereocenters. The summed E-state index contributed by atoms with van der Waals surface area (Å²) in [6, 6.07) is -0.360. The number of anilines is 1. The molecule has 1 atom stereocenters. The van der Waals surface area contributed by atoms with Gasteiger partial charge in [-0.15, -0.1) is 10.2 Å². The van der Waals surface area contributed by atoms with Crippen LogP contribution in [0.25, 0.3) is 0 Å². The zero-order valence-electron chi connectivity index (χ0n) is 15.4. The first kappa shape index (κ1) is 18.2. The van der Waals surface area contributed by atoms with Crippen molar-refractivity contribution in [3.8, 4) is 0 Å². The molecule has 3 aliphatic rings. The van der Waals surface area contributed by atoms with Crippen LogP contribution in [0.4, 0.5) is 9.93 Å². The number of rotatable bonds is 4. The lowest BCUT2D eigenvalue weighted by atomic mass is 9.92. The van der Waals surface area contributed by atoms with E-state index < -0.39 is 0 Å². The molecular formula is C18H24N5O3S+. The Bertz CT molecular complexity index is 812. The van der Waals surface area contributed by atoms with Crippen LogP contribution in [0.3, 0.4) is 0 Å². The van der Waals surface area contributed by atoms with E-state index in [1.54, 1.807) is 0 Å². The molecule has 0 spiro atoms. The Balaban J connectivity index is 1.57. The van der Waals surface area contributed by atoms with E-state index in [0.717, 1.165) is 55.7 Å². The molecule has 2 aliphatic carbocycles. The van der Waals surface area contributed by atoms with Crippen molar-refractivity contribution in [3.05, 3.63) is 5.01 Å². The predicted octanol–water partition coefficient (Wildman–Crippen LogP) is 2.33. The van der Waals surface area contributed by atoms with Gasteiger partial charge < -0.3 is 0 Å².